The lowest BCUT2D eigenvalue weighted by atomic mass is 10.2. The van der Waals surface area contributed by atoms with Crippen molar-refractivity contribution < 1.29 is 9.53 Å². The molecule has 1 rings (SSSR count). The quantitative estimate of drug-likeness (QED) is 0.661. The van der Waals surface area contributed by atoms with Crippen molar-refractivity contribution >= 4 is 5.97 Å². The molecule has 1 aromatic heterocycles. The highest BCUT2D eigenvalue weighted by atomic mass is 16.5. The normalized spacial score (nSPS) is 12.2. The summed E-state index contributed by atoms with van der Waals surface area (Å²) < 4.78 is 4.98. The Morgan fingerprint density at radius 1 is 1.62 bits per heavy atom. The van der Waals surface area contributed by atoms with E-state index >= 15 is 0 Å². The van der Waals surface area contributed by atoms with Crippen LogP contribution in [0.3, 0.4) is 0 Å². The first-order valence-electron chi connectivity index (χ1n) is 4.25. The van der Waals surface area contributed by atoms with Crippen LogP contribution >= 0.6 is 0 Å². The van der Waals surface area contributed by atoms with Crippen molar-refractivity contribution in [3.63, 3.8) is 0 Å². The molecule has 70 valence electrons. The van der Waals surface area contributed by atoms with Crippen molar-refractivity contribution in [3.05, 3.63) is 30.1 Å². The van der Waals surface area contributed by atoms with Gasteiger partial charge in [0.15, 0.2) is 0 Å². The van der Waals surface area contributed by atoms with Crippen LogP contribution in [-0.2, 0) is 16.0 Å². The minimum Gasteiger partial charge on any atom is -0.462 e. The molecule has 0 spiro atoms. The van der Waals surface area contributed by atoms with Gasteiger partial charge in [0, 0.05) is 25.2 Å². The molecule has 0 aliphatic rings. The molecule has 0 unspecified atom stereocenters. The molecule has 0 aliphatic heterocycles. The van der Waals surface area contributed by atoms with E-state index in [-0.39, 0.29) is 12.1 Å². The van der Waals surface area contributed by atoms with Crippen molar-refractivity contribution in [2.24, 2.45) is 0 Å². The molecule has 0 aliphatic carbocycles. The summed E-state index contributed by atoms with van der Waals surface area (Å²) in [5, 5.41) is 0. The maximum absolute atomic E-state index is 10.6. The molecule has 0 amide bonds. The number of ether oxygens (including phenoxy) is 1. The first-order valence-corrected chi connectivity index (χ1v) is 4.25. The van der Waals surface area contributed by atoms with Crippen LogP contribution in [0.15, 0.2) is 24.4 Å². The summed E-state index contributed by atoms with van der Waals surface area (Å²) in [4.78, 5) is 14.7. The molecule has 0 radical (unpaired) electrons. The van der Waals surface area contributed by atoms with E-state index in [1.54, 1.807) is 6.20 Å². The molecule has 1 heterocycles. The summed E-state index contributed by atoms with van der Waals surface area (Å²) in [5.41, 5.74) is 0.941. The van der Waals surface area contributed by atoms with Crippen molar-refractivity contribution in [3.8, 4) is 0 Å². The SMILES string of the molecule is CC(=O)O[C@H](C)Cc1ccccn1. The third kappa shape index (κ3) is 3.69. The predicted molar refractivity (Wildman–Crippen MR) is 49.2 cm³/mol. The largest absolute Gasteiger partial charge is 0.462 e. The second-order valence-electron chi connectivity index (χ2n) is 2.95. The van der Waals surface area contributed by atoms with E-state index in [0.29, 0.717) is 6.42 Å². The zero-order valence-electron chi connectivity index (χ0n) is 7.86. The number of pyridine rings is 1. The number of rotatable bonds is 3. The first-order chi connectivity index (χ1) is 6.18. The van der Waals surface area contributed by atoms with Gasteiger partial charge < -0.3 is 4.74 Å². The van der Waals surface area contributed by atoms with Gasteiger partial charge in [-0.15, -0.1) is 0 Å². The third-order valence-electron chi connectivity index (χ3n) is 1.59. The Hall–Kier alpha value is -1.38. The number of hydrogen-bond acceptors (Lipinski definition) is 3. The van der Waals surface area contributed by atoms with Gasteiger partial charge in [-0.1, -0.05) is 6.07 Å². The Bertz CT molecular complexity index is 272. The van der Waals surface area contributed by atoms with Crippen molar-refractivity contribution in [1.82, 2.24) is 4.98 Å². The van der Waals surface area contributed by atoms with E-state index in [4.69, 9.17) is 4.74 Å². The Morgan fingerprint density at radius 2 is 2.38 bits per heavy atom. The predicted octanol–water partition coefficient (Wildman–Crippen LogP) is 1.58. The molecule has 3 heteroatoms. The fourth-order valence-electron chi connectivity index (χ4n) is 1.14. The van der Waals surface area contributed by atoms with Crippen molar-refractivity contribution in [2.45, 2.75) is 26.4 Å². The van der Waals surface area contributed by atoms with E-state index in [9.17, 15) is 4.79 Å². The number of esters is 1. The summed E-state index contributed by atoms with van der Waals surface area (Å²) in [7, 11) is 0. The molecule has 0 saturated carbocycles. The van der Waals surface area contributed by atoms with Crippen molar-refractivity contribution in [1.29, 1.82) is 0 Å². The van der Waals surface area contributed by atoms with Gasteiger partial charge in [0.1, 0.15) is 6.10 Å². The fourth-order valence-corrected chi connectivity index (χ4v) is 1.14. The Balaban J connectivity index is 2.45. The number of hydrogen-bond donors (Lipinski definition) is 0. The van der Waals surface area contributed by atoms with Crippen LogP contribution in [0.2, 0.25) is 0 Å². The molecular weight excluding hydrogens is 166 g/mol. The van der Waals surface area contributed by atoms with Crippen LogP contribution in [0.4, 0.5) is 0 Å². The van der Waals surface area contributed by atoms with E-state index in [1.165, 1.54) is 6.92 Å². The number of carbonyl (C=O) groups is 1. The molecule has 0 bridgehead atoms. The minimum atomic E-state index is -0.247. The van der Waals surface area contributed by atoms with E-state index in [1.807, 2.05) is 25.1 Å². The Labute approximate surface area is 77.8 Å². The van der Waals surface area contributed by atoms with Gasteiger partial charge in [-0.2, -0.15) is 0 Å². The van der Waals surface area contributed by atoms with Crippen LogP contribution in [-0.4, -0.2) is 17.1 Å². The van der Waals surface area contributed by atoms with Crippen LogP contribution in [0, 0.1) is 0 Å². The molecule has 0 aromatic carbocycles. The number of aromatic nitrogens is 1. The summed E-state index contributed by atoms with van der Waals surface area (Å²) in [6.07, 6.45) is 2.29. The van der Waals surface area contributed by atoms with Crippen molar-refractivity contribution in [2.75, 3.05) is 0 Å². The Morgan fingerprint density at radius 3 is 2.92 bits per heavy atom. The second kappa shape index (κ2) is 4.60. The van der Waals surface area contributed by atoms with Gasteiger partial charge in [-0.25, -0.2) is 0 Å². The van der Waals surface area contributed by atoms with Gasteiger partial charge in [0.05, 0.1) is 0 Å². The van der Waals surface area contributed by atoms with Crippen LogP contribution < -0.4 is 0 Å². The third-order valence-corrected chi connectivity index (χ3v) is 1.59. The van der Waals surface area contributed by atoms with Gasteiger partial charge in [0.25, 0.3) is 0 Å². The molecule has 0 N–H and O–H groups in total. The summed E-state index contributed by atoms with van der Waals surface area (Å²) >= 11 is 0. The zero-order valence-corrected chi connectivity index (χ0v) is 7.86. The lowest BCUT2D eigenvalue weighted by Crippen LogP contribution is -2.15. The molecule has 0 saturated heterocycles. The molecule has 0 fully saturated rings. The molecule has 3 nitrogen and oxygen atoms in total. The second-order valence-corrected chi connectivity index (χ2v) is 2.95. The summed E-state index contributed by atoms with van der Waals surface area (Å²) in [5.74, 6) is -0.247. The highest BCUT2D eigenvalue weighted by Crippen LogP contribution is 2.02. The maximum Gasteiger partial charge on any atom is 0.302 e. The van der Waals surface area contributed by atoms with Gasteiger partial charge in [-0.05, 0) is 19.1 Å². The lowest BCUT2D eigenvalue weighted by Gasteiger charge is -2.10. The molecular formula is C10H13NO2. The number of nitrogens with zero attached hydrogens (tertiary/aromatic N) is 1. The number of carbonyl (C=O) groups excluding carboxylic acids is 1. The maximum atomic E-state index is 10.6. The van der Waals surface area contributed by atoms with Crippen LogP contribution in [0.1, 0.15) is 19.5 Å². The van der Waals surface area contributed by atoms with E-state index < -0.39 is 0 Å². The highest BCUT2D eigenvalue weighted by Gasteiger charge is 2.06. The zero-order chi connectivity index (χ0) is 9.68. The highest BCUT2D eigenvalue weighted by molar-refractivity contribution is 5.66. The fraction of sp³-hybridized carbons (Fsp3) is 0.400. The Kier molecular flexibility index (Phi) is 3.43. The first kappa shape index (κ1) is 9.71. The average molecular weight is 179 g/mol. The molecule has 1 aromatic rings. The molecule has 13 heavy (non-hydrogen) atoms. The summed E-state index contributed by atoms with van der Waals surface area (Å²) in [6.45, 7) is 3.27. The monoisotopic (exact) mass is 179 g/mol. The van der Waals surface area contributed by atoms with Gasteiger partial charge in [-0.3, -0.25) is 9.78 Å². The van der Waals surface area contributed by atoms with Gasteiger partial charge >= 0.3 is 5.97 Å². The lowest BCUT2D eigenvalue weighted by molar-refractivity contribution is -0.145. The smallest absolute Gasteiger partial charge is 0.302 e. The van der Waals surface area contributed by atoms with E-state index in [0.717, 1.165) is 5.69 Å². The minimum absolute atomic E-state index is 0.104. The topological polar surface area (TPSA) is 39.2 Å². The standard InChI is InChI=1S/C10H13NO2/c1-8(13-9(2)12)7-10-5-3-4-6-11-10/h3-6,8H,7H2,1-2H3/t8-/m1/s1. The molecule has 1 atom stereocenters. The summed E-state index contributed by atoms with van der Waals surface area (Å²) in [6, 6.07) is 5.70. The average Bonchev–Trinajstić information content (AvgIpc) is 2.04. The van der Waals surface area contributed by atoms with Gasteiger partial charge in [0.2, 0.25) is 0 Å². The van der Waals surface area contributed by atoms with Crippen LogP contribution in [0.5, 0.6) is 0 Å². The van der Waals surface area contributed by atoms with Crippen LogP contribution in [0.25, 0.3) is 0 Å². The van der Waals surface area contributed by atoms with E-state index in [2.05, 4.69) is 4.98 Å².